The highest BCUT2D eigenvalue weighted by Gasteiger charge is 2.26. The molecule has 24 heavy (non-hydrogen) atoms. The Morgan fingerprint density at radius 3 is 2.25 bits per heavy atom. The summed E-state index contributed by atoms with van der Waals surface area (Å²) >= 11 is 0. The van der Waals surface area contributed by atoms with Crippen LogP contribution in [0.2, 0.25) is 0 Å². The van der Waals surface area contributed by atoms with Gasteiger partial charge in [0.25, 0.3) is 0 Å². The van der Waals surface area contributed by atoms with Crippen molar-refractivity contribution in [2.24, 2.45) is 13.0 Å². The van der Waals surface area contributed by atoms with Gasteiger partial charge in [-0.15, -0.1) is 0 Å². The van der Waals surface area contributed by atoms with E-state index in [9.17, 15) is 4.79 Å². The van der Waals surface area contributed by atoms with Gasteiger partial charge in [-0.05, 0) is 39.7 Å². The lowest BCUT2D eigenvalue weighted by molar-refractivity contribution is -0.120. The third-order valence-corrected chi connectivity index (χ3v) is 4.37. The Morgan fingerprint density at radius 1 is 1.08 bits per heavy atom. The first-order valence-corrected chi connectivity index (χ1v) is 8.31. The predicted octanol–water partition coefficient (Wildman–Crippen LogP) is 1.99. The zero-order chi connectivity index (χ0) is 17.3. The number of nitrogens with one attached hydrogen (secondary N) is 1. The predicted molar refractivity (Wildman–Crippen MR) is 93.0 cm³/mol. The summed E-state index contributed by atoms with van der Waals surface area (Å²) in [6.45, 7) is 7.47. The van der Waals surface area contributed by atoms with E-state index < -0.39 is 0 Å². The minimum absolute atomic E-state index is 0.0161. The van der Waals surface area contributed by atoms with Gasteiger partial charge in [-0.2, -0.15) is 5.10 Å². The summed E-state index contributed by atoms with van der Waals surface area (Å²) in [5, 5.41) is 7.24. The number of anilines is 2. The second kappa shape index (κ2) is 6.59. The number of hydrogen-bond donors (Lipinski definition) is 1. The molecule has 0 radical (unpaired) electrons. The van der Waals surface area contributed by atoms with Crippen LogP contribution in [0, 0.1) is 26.7 Å². The molecule has 0 aliphatic carbocycles. The number of carbonyl (C=O) groups is 1. The molecule has 1 saturated heterocycles. The highest BCUT2D eigenvalue weighted by atomic mass is 16.2. The van der Waals surface area contributed by atoms with E-state index in [4.69, 9.17) is 0 Å². The molecule has 7 heteroatoms. The highest BCUT2D eigenvalue weighted by Crippen LogP contribution is 2.22. The molecule has 3 heterocycles. The van der Waals surface area contributed by atoms with E-state index in [1.165, 1.54) is 0 Å². The fourth-order valence-corrected chi connectivity index (χ4v) is 3.15. The van der Waals surface area contributed by atoms with E-state index in [1.54, 1.807) is 4.68 Å². The van der Waals surface area contributed by atoms with Crippen LogP contribution in [0.3, 0.4) is 0 Å². The van der Waals surface area contributed by atoms with Gasteiger partial charge in [0.2, 0.25) is 11.9 Å². The van der Waals surface area contributed by atoms with Crippen LogP contribution in [0.5, 0.6) is 0 Å². The van der Waals surface area contributed by atoms with Crippen molar-refractivity contribution in [1.82, 2.24) is 19.7 Å². The van der Waals surface area contributed by atoms with E-state index in [1.807, 2.05) is 40.0 Å². The highest BCUT2D eigenvalue weighted by molar-refractivity contribution is 5.92. The van der Waals surface area contributed by atoms with Gasteiger partial charge in [0.15, 0.2) is 0 Å². The van der Waals surface area contributed by atoms with Gasteiger partial charge in [0.05, 0.1) is 5.69 Å². The van der Waals surface area contributed by atoms with Crippen molar-refractivity contribution in [3.63, 3.8) is 0 Å². The van der Waals surface area contributed by atoms with Gasteiger partial charge >= 0.3 is 0 Å². The van der Waals surface area contributed by atoms with Gasteiger partial charge < -0.3 is 10.2 Å². The van der Waals surface area contributed by atoms with E-state index in [-0.39, 0.29) is 11.8 Å². The van der Waals surface area contributed by atoms with Crippen molar-refractivity contribution in [3.8, 4) is 0 Å². The molecule has 0 saturated carbocycles. The first-order chi connectivity index (χ1) is 11.4. The van der Waals surface area contributed by atoms with E-state index in [2.05, 4.69) is 25.3 Å². The van der Waals surface area contributed by atoms with E-state index in [0.717, 1.165) is 54.8 Å². The number of carbonyl (C=O) groups excluding carboxylic acids is 1. The monoisotopic (exact) mass is 328 g/mol. The lowest BCUT2D eigenvalue weighted by Gasteiger charge is -2.31. The molecule has 0 aromatic carbocycles. The fraction of sp³-hybridized carbons (Fsp3) is 0.529. The Hall–Kier alpha value is -2.44. The van der Waals surface area contributed by atoms with Gasteiger partial charge in [0, 0.05) is 43.5 Å². The quantitative estimate of drug-likeness (QED) is 0.932. The number of rotatable bonds is 3. The van der Waals surface area contributed by atoms with Crippen LogP contribution in [-0.4, -0.2) is 38.7 Å². The van der Waals surface area contributed by atoms with Crippen LogP contribution in [0.1, 0.15) is 29.9 Å². The molecule has 1 aliphatic heterocycles. The summed E-state index contributed by atoms with van der Waals surface area (Å²) in [6, 6.07) is 3.86. The number of aromatic nitrogens is 4. The summed E-state index contributed by atoms with van der Waals surface area (Å²) in [6.07, 6.45) is 1.61. The molecule has 1 aliphatic rings. The maximum Gasteiger partial charge on any atom is 0.228 e. The smallest absolute Gasteiger partial charge is 0.228 e. The van der Waals surface area contributed by atoms with E-state index in [0.29, 0.717) is 0 Å². The first kappa shape index (κ1) is 16.4. The third kappa shape index (κ3) is 3.55. The zero-order valence-corrected chi connectivity index (χ0v) is 14.7. The van der Waals surface area contributed by atoms with Crippen molar-refractivity contribution >= 4 is 17.7 Å². The molecular formula is C17H24N6O. The van der Waals surface area contributed by atoms with Crippen molar-refractivity contribution in [2.75, 3.05) is 23.3 Å². The molecule has 128 valence electrons. The Morgan fingerprint density at radius 2 is 1.71 bits per heavy atom. The maximum atomic E-state index is 12.5. The summed E-state index contributed by atoms with van der Waals surface area (Å²) < 4.78 is 1.70. The molecule has 2 aromatic heterocycles. The molecule has 3 rings (SSSR count). The Bertz CT molecular complexity index is 725. The fourth-order valence-electron chi connectivity index (χ4n) is 3.15. The molecule has 0 bridgehead atoms. The zero-order valence-electron chi connectivity index (χ0n) is 14.7. The van der Waals surface area contributed by atoms with Gasteiger partial charge in [0.1, 0.15) is 5.82 Å². The lowest BCUT2D eigenvalue weighted by Crippen LogP contribution is -2.39. The standard InChI is InChI=1S/C17H24N6O/c1-11-9-12(2)19-17(18-11)23-7-5-14(6-8-23)16(24)20-15-10-13(3)21-22(15)4/h9-10,14H,5-8H2,1-4H3,(H,20,24). The van der Waals surface area contributed by atoms with Crippen LogP contribution in [0.25, 0.3) is 0 Å². The molecule has 2 aromatic rings. The van der Waals surface area contributed by atoms with Gasteiger partial charge in [-0.3, -0.25) is 9.48 Å². The number of amides is 1. The number of nitrogens with zero attached hydrogens (tertiary/aromatic N) is 5. The van der Waals surface area contributed by atoms with Crippen molar-refractivity contribution < 1.29 is 4.79 Å². The minimum Gasteiger partial charge on any atom is -0.341 e. The average Bonchev–Trinajstić information content (AvgIpc) is 2.84. The number of piperidine rings is 1. The van der Waals surface area contributed by atoms with Gasteiger partial charge in [-0.1, -0.05) is 0 Å². The second-order valence-corrected chi connectivity index (χ2v) is 6.50. The summed E-state index contributed by atoms with van der Waals surface area (Å²) in [5.41, 5.74) is 2.85. The Balaban J connectivity index is 1.60. The van der Waals surface area contributed by atoms with Crippen LogP contribution in [0.4, 0.5) is 11.8 Å². The average molecular weight is 328 g/mol. The van der Waals surface area contributed by atoms with Gasteiger partial charge in [-0.25, -0.2) is 9.97 Å². The summed E-state index contributed by atoms with van der Waals surface area (Å²) in [4.78, 5) is 23.7. The summed E-state index contributed by atoms with van der Waals surface area (Å²) in [5.74, 6) is 1.60. The number of aryl methyl sites for hydroxylation is 4. The molecule has 1 fully saturated rings. The molecule has 1 amide bonds. The van der Waals surface area contributed by atoms with Crippen molar-refractivity contribution in [2.45, 2.75) is 33.6 Å². The van der Waals surface area contributed by atoms with Crippen molar-refractivity contribution in [3.05, 3.63) is 29.2 Å². The first-order valence-electron chi connectivity index (χ1n) is 8.31. The maximum absolute atomic E-state index is 12.5. The van der Waals surface area contributed by atoms with Crippen LogP contribution in [0.15, 0.2) is 12.1 Å². The Kier molecular flexibility index (Phi) is 4.51. The van der Waals surface area contributed by atoms with Crippen LogP contribution < -0.4 is 10.2 Å². The molecule has 0 unspecified atom stereocenters. The Labute approximate surface area is 142 Å². The normalized spacial score (nSPS) is 15.6. The summed E-state index contributed by atoms with van der Waals surface area (Å²) in [7, 11) is 1.84. The SMILES string of the molecule is Cc1cc(C)nc(N2CCC(C(=O)Nc3cc(C)nn3C)CC2)n1. The lowest BCUT2D eigenvalue weighted by atomic mass is 9.96. The number of hydrogen-bond acceptors (Lipinski definition) is 5. The molecule has 0 atom stereocenters. The van der Waals surface area contributed by atoms with Crippen molar-refractivity contribution in [1.29, 1.82) is 0 Å². The molecular weight excluding hydrogens is 304 g/mol. The van der Waals surface area contributed by atoms with Crippen LogP contribution in [-0.2, 0) is 11.8 Å². The third-order valence-electron chi connectivity index (χ3n) is 4.37. The van der Waals surface area contributed by atoms with Crippen LogP contribution >= 0.6 is 0 Å². The minimum atomic E-state index is 0.0161. The molecule has 1 N–H and O–H groups in total. The molecule has 0 spiro atoms. The second-order valence-electron chi connectivity index (χ2n) is 6.50. The topological polar surface area (TPSA) is 75.9 Å². The largest absolute Gasteiger partial charge is 0.341 e. The van der Waals surface area contributed by atoms with E-state index >= 15 is 0 Å². The molecule has 7 nitrogen and oxygen atoms in total.